The minimum absolute atomic E-state index is 0.0634. The van der Waals surface area contributed by atoms with Crippen molar-refractivity contribution in [1.82, 2.24) is 19.5 Å². The first kappa shape index (κ1) is 16.8. The monoisotopic (exact) mass is 337 g/mol. The average Bonchev–Trinajstić information content (AvgIpc) is 3.08. The Balaban J connectivity index is 2.03. The maximum absolute atomic E-state index is 12.4. The molecule has 2 aromatic rings. The number of anilines is 2. The molecule has 131 valence electrons. The van der Waals surface area contributed by atoms with E-state index in [1.54, 1.807) is 25.3 Å². The molecule has 10 heteroatoms. The number of hydroxylamine groups is 1. The molecule has 0 unspecified atom stereocenters. The highest BCUT2D eigenvalue weighted by molar-refractivity contribution is 5.83. The van der Waals surface area contributed by atoms with Crippen molar-refractivity contribution in [3.8, 4) is 0 Å². The van der Waals surface area contributed by atoms with Gasteiger partial charge in [-0.25, -0.2) is 4.98 Å². The van der Waals surface area contributed by atoms with E-state index in [4.69, 9.17) is 10.5 Å². The number of imidazole rings is 1. The lowest BCUT2D eigenvalue weighted by atomic mass is 10.1. The molecule has 0 aromatic carbocycles. The molecule has 0 bridgehead atoms. The fraction of sp³-hybridized carbons (Fsp3) is 0.643. The Bertz CT molecular complexity index is 743. The Morgan fingerprint density at radius 1 is 1.46 bits per heavy atom. The highest BCUT2D eigenvalue weighted by atomic mass is 16.5. The summed E-state index contributed by atoms with van der Waals surface area (Å²) in [4.78, 5) is 12.5. The van der Waals surface area contributed by atoms with Gasteiger partial charge in [0, 0.05) is 6.42 Å². The Hall–Kier alpha value is -2.01. The Kier molecular flexibility index (Phi) is 4.08. The summed E-state index contributed by atoms with van der Waals surface area (Å²) >= 11 is 0. The van der Waals surface area contributed by atoms with Gasteiger partial charge in [-0.05, 0) is 20.8 Å². The number of fused-ring (bicyclic) bond motifs is 1. The zero-order valence-electron chi connectivity index (χ0n) is 13.7. The summed E-state index contributed by atoms with van der Waals surface area (Å²) in [6, 6.07) is 0. The largest absolute Gasteiger partial charge is 0.394 e. The van der Waals surface area contributed by atoms with Crippen molar-refractivity contribution in [3.05, 3.63) is 6.33 Å². The van der Waals surface area contributed by atoms with Crippen LogP contribution in [-0.4, -0.2) is 54.1 Å². The Labute approximate surface area is 138 Å². The summed E-state index contributed by atoms with van der Waals surface area (Å²) < 4.78 is 7.20. The lowest BCUT2D eigenvalue weighted by Gasteiger charge is -2.26. The van der Waals surface area contributed by atoms with E-state index in [1.807, 2.05) is 0 Å². The van der Waals surface area contributed by atoms with E-state index in [0.717, 1.165) is 0 Å². The second kappa shape index (κ2) is 5.81. The van der Waals surface area contributed by atoms with E-state index < -0.39 is 24.0 Å². The predicted octanol–water partition coefficient (Wildman–Crippen LogP) is -0.000400. The maximum atomic E-state index is 12.4. The van der Waals surface area contributed by atoms with Crippen LogP contribution < -0.4 is 10.8 Å². The molecule has 2 aromatic heterocycles. The van der Waals surface area contributed by atoms with Crippen molar-refractivity contribution in [1.29, 1.82) is 0 Å². The van der Waals surface area contributed by atoms with E-state index >= 15 is 0 Å². The molecule has 1 aliphatic rings. The zero-order valence-corrected chi connectivity index (χ0v) is 13.7. The van der Waals surface area contributed by atoms with Gasteiger partial charge in [-0.15, -0.1) is 0 Å². The molecule has 0 amide bonds. The van der Waals surface area contributed by atoms with Crippen LogP contribution in [0.5, 0.6) is 0 Å². The summed E-state index contributed by atoms with van der Waals surface area (Å²) in [6.07, 6.45) is -0.267. The number of rotatable bonds is 3. The maximum Gasteiger partial charge on any atom is 0.256 e. The van der Waals surface area contributed by atoms with Gasteiger partial charge in [-0.1, -0.05) is 5.21 Å². The van der Waals surface area contributed by atoms with Crippen LogP contribution in [0.15, 0.2) is 6.33 Å². The number of aliphatic hydroxyl groups excluding tert-OH is 2. The molecule has 1 saturated heterocycles. The normalized spacial score (nSPS) is 24.7. The predicted molar refractivity (Wildman–Crippen MR) is 84.3 cm³/mol. The first-order chi connectivity index (χ1) is 11.2. The number of hydrogen-bond donors (Lipinski definition) is 3. The third kappa shape index (κ3) is 2.77. The zero-order chi connectivity index (χ0) is 17.6. The Morgan fingerprint density at radius 2 is 2.17 bits per heavy atom. The van der Waals surface area contributed by atoms with Crippen LogP contribution in [0.4, 0.5) is 11.8 Å². The van der Waals surface area contributed by atoms with Gasteiger partial charge in [-0.3, -0.25) is 4.57 Å². The first-order valence-corrected chi connectivity index (χ1v) is 7.64. The number of ether oxygens (including phenoxy) is 1. The van der Waals surface area contributed by atoms with Crippen molar-refractivity contribution in [2.75, 3.05) is 17.4 Å². The first-order valence-electron chi connectivity index (χ1n) is 7.64. The van der Waals surface area contributed by atoms with Gasteiger partial charge in [0.15, 0.2) is 11.5 Å². The average molecular weight is 337 g/mol. The molecule has 10 nitrogen and oxygen atoms in total. The second-order valence-corrected chi connectivity index (χ2v) is 6.81. The SMILES string of the molecule is CC(C)(C)N([O])c1nc(N)c2ncn([C@H]3C[C@H](O)[C@@H](CO)O3)c2n1. The molecule has 1 aliphatic heterocycles. The van der Waals surface area contributed by atoms with Gasteiger partial charge < -0.3 is 20.7 Å². The molecule has 1 radical (unpaired) electrons. The number of nitrogens with two attached hydrogens (primary N) is 1. The molecule has 0 saturated carbocycles. The molecular weight excluding hydrogens is 316 g/mol. The van der Waals surface area contributed by atoms with Gasteiger partial charge in [0.05, 0.1) is 24.6 Å². The summed E-state index contributed by atoms with van der Waals surface area (Å²) in [6.45, 7) is 4.93. The number of nitrogen functional groups attached to an aromatic ring is 1. The summed E-state index contributed by atoms with van der Waals surface area (Å²) in [7, 11) is 0. The molecule has 0 spiro atoms. The standard InChI is InChI=1S/C14H21N6O4/c1-14(2,3)20(23)13-17-11(15)10-12(18-13)19(6-16-10)9-4-7(22)8(5-21)24-9/h6-9,21-22H,4-5H2,1-3H3,(H2,15,17,18)/t7-,8+,9+/m0/s1. The molecule has 0 aliphatic carbocycles. The van der Waals surface area contributed by atoms with E-state index in [0.29, 0.717) is 16.2 Å². The van der Waals surface area contributed by atoms with Crippen molar-refractivity contribution >= 4 is 22.9 Å². The number of aliphatic hydroxyl groups is 2. The van der Waals surface area contributed by atoms with Crippen molar-refractivity contribution in [2.24, 2.45) is 0 Å². The molecule has 3 atom stereocenters. The van der Waals surface area contributed by atoms with Gasteiger partial charge in [0.25, 0.3) is 5.95 Å². The minimum atomic E-state index is -0.790. The quantitative estimate of drug-likeness (QED) is 0.664. The van der Waals surface area contributed by atoms with E-state index in [2.05, 4.69) is 15.0 Å². The summed E-state index contributed by atoms with van der Waals surface area (Å²) in [5.41, 5.74) is 5.88. The van der Waals surface area contributed by atoms with Crippen LogP contribution >= 0.6 is 0 Å². The van der Waals surface area contributed by atoms with Crippen LogP contribution in [0.25, 0.3) is 11.2 Å². The minimum Gasteiger partial charge on any atom is -0.394 e. The highest BCUT2D eigenvalue weighted by Crippen LogP contribution is 2.32. The van der Waals surface area contributed by atoms with Gasteiger partial charge in [-0.2, -0.15) is 15.0 Å². The number of hydrogen-bond acceptors (Lipinski definition) is 8. The molecule has 3 rings (SSSR count). The van der Waals surface area contributed by atoms with Gasteiger partial charge >= 0.3 is 0 Å². The molecule has 3 heterocycles. The third-order valence-corrected chi connectivity index (χ3v) is 3.92. The van der Waals surface area contributed by atoms with Crippen molar-refractivity contribution < 1.29 is 20.2 Å². The third-order valence-electron chi connectivity index (χ3n) is 3.92. The molecule has 1 fully saturated rings. The van der Waals surface area contributed by atoms with Gasteiger partial charge in [0.2, 0.25) is 0 Å². The lowest BCUT2D eigenvalue weighted by molar-refractivity contribution is -0.0432. The second-order valence-electron chi connectivity index (χ2n) is 6.81. The fourth-order valence-electron chi connectivity index (χ4n) is 2.58. The van der Waals surface area contributed by atoms with Crippen LogP contribution in [0.3, 0.4) is 0 Å². The molecule has 24 heavy (non-hydrogen) atoms. The smallest absolute Gasteiger partial charge is 0.256 e. The highest BCUT2D eigenvalue weighted by Gasteiger charge is 2.36. The molecular formula is C14H21N6O4. The van der Waals surface area contributed by atoms with Crippen LogP contribution in [0.1, 0.15) is 33.4 Å². The summed E-state index contributed by atoms with van der Waals surface area (Å²) in [5.74, 6) is 0.0302. The van der Waals surface area contributed by atoms with Crippen LogP contribution in [0, 0.1) is 0 Å². The number of aromatic nitrogens is 4. The van der Waals surface area contributed by atoms with Gasteiger partial charge in [0.1, 0.15) is 17.8 Å². The van der Waals surface area contributed by atoms with Crippen LogP contribution in [0.2, 0.25) is 0 Å². The van der Waals surface area contributed by atoms with Crippen molar-refractivity contribution in [2.45, 2.75) is 51.2 Å². The number of nitrogens with zero attached hydrogens (tertiary/aromatic N) is 5. The van der Waals surface area contributed by atoms with E-state index in [9.17, 15) is 15.4 Å². The summed E-state index contributed by atoms with van der Waals surface area (Å²) in [5, 5.41) is 32.2. The van der Waals surface area contributed by atoms with Crippen LogP contribution in [-0.2, 0) is 9.94 Å². The topological polar surface area (TPSA) is 142 Å². The Morgan fingerprint density at radius 3 is 2.75 bits per heavy atom. The molecule has 4 N–H and O–H groups in total. The lowest BCUT2D eigenvalue weighted by Crippen LogP contribution is -2.38. The fourth-order valence-corrected chi connectivity index (χ4v) is 2.58. The van der Waals surface area contributed by atoms with E-state index in [-0.39, 0.29) is 24.8 Å². The van der Waals surface area contributed by atoms with Crippen molar-refractivity contribution in [3.63, 3.8) is 0 Å². The van der Waals surface area contributed by atoms with E-state index in [1.165, 1.54) is 6.33 Å².